The summed E-state index contributed by atoms with van der Waals surface area (Å²) in [6.07, 6.45) is 0.826. The van der Waals surface area contributed by atoms with E-state index in [1.807, 2.05) is 42.5 Å². The molecule has 0 saturated heterocycles. The molecule has 0 aromatic heterocycles. The quantitative estimate of drug-likeness (QED) is 0.709. The molecule has 2 nitrogen and oxygen atoms in total. The first-order chi connectivity index (χ1) is 10.3. The average molecular weight is 280 g/mol. The molecule has 0 unspecified atom stereocenters. The van der Waals surface area contributed by atoms with E-state index in [4.69, 9.17) is 9.47 Å². The van der Waals surface area contributed by atoms with Gasteiger partial charge < -0.3 is 9.47 Å². The van der Waals surface area contributed by atoms with Gasteiger partial charge in [-0.1, -0.05) is 49.0 Å². The van der Waals surface area contributed by atoms with Gasteiger partial charge in [0.05, 0.1) is 20.3 Å². The Morgan fingerprint density at radius 3 is 2.33 bits per heavy atom. The largest absolute Gasteiger partial charge is 0.497 e. The Hall–Kier alpha value is -2.28. The van der Waals surface area contributed by atoms with Crippen LogP contribution in [0.2, 0.25) is 0 Å². The van der Waals surface area contributed by atoms with E-state index in [-0.39, 0.29) is 0 Å². The number of rotatable bonds is 7. The predicted molar refractivity (Wildman–Crippen MR) is 85.4 cm³/mol. The van der Waals surface area contributed by atoms with Crippen LogP contribution in [0.15, 0.2) is 72.5 Å². The summed E-state index contributed by atoms with van der Waals surface area (Å²) in [6, 6.07) is 18.2. The highest BCUT2D eigenvalue weighted by molar-refractivity contribution is 5.27. The molecule has 0 fully saturated rings. The third-order valence-electron chi connectivity index (χ3n) is 3.21. The maximum atomic E-state index is 5.74. The number of benzene rings is 2. The van der Waals surface area contributed by atoms with Crippen molar-refractivity contribution in [1.82, 2.24) is 0 Å². The molecule has 108 valence electrons. The minimum absolute atomic E-state index is 0.546. The van der Waals surface area contributed by atoms with Crippen LogP contribution in [0.4, 0.5) is 0 Å². The molecule has 2 aromatic rings. The summed E-state index contributed by atoms with van der Waals surface area (Å²) < 4.78 is 10.9. The van der Waals surface area contributed by atoms with Gasteiger partial charge in [-0.25, -0.2) is 0 Å². The standard InChI is InChI=1S/C19H20O2/c1-3-16(13-17-7-5-4-6-8-17)14-21-15-18-9-11-19(20-2)12-10-18/h4-12H,1,13-15H2,2H3. The zero-order chi connectivity index (χ0) is 14.9. The van der Waals surface area contributed by atoms with Crippen LogP contribution in [0, 0.1) is 0 Å². The second-order valence-corrected chi connectivity index (χ2v) is 4.78. The average Bonchev–Trinajstić information content (AvgIpc) is 2.55. The minimum Gasteiger partial charge on any atom is -0.497 e. The molecule has 0 saturated carbocycles. The molecule has 0 aliphatic heterocycles. The summed E-state index contributed by atoms with van der Waals surface area (Å²) in [5.74, 6) is 0.856. The van der Waals surface area contributed by atoms with Crippen LogP contribution in [0.5, 0.6) is 5.75 Å². The molecule has 0 spiro atoms. The van der Waals surface area contributed by atoms with Crippen molar-refractivity contribution in [2.75, 3.05) is 13.7 Å². The van der Waals surface area contributed by atoms with Crippen LogP contribution in [-0.4, -0.2) is 13.7 Å². The van der Waals surface area contributed by atoms with Gasteiger partial charge in [-0.15, -0.1) is 5.73 Å². The predicted octanol–water partition coefficient (Wildman–Crippen LogP) is 4.17. The Bertz CT molecular complexity index is 593. The molecule has 0 N–H and O–H groups in total. The summed E-state index contributed by atoms with van der Waals surface area (Å²) in [6.45, 7) is 4.87. The second-order valence-electron chi connectivity index (χ2n) is 4.78. The van der Waals surface area contributed by atoms with E-state index >= 15 is 0 Å². The molecule has 2 heteroatoms. The van der Waals surface area contributed by atoms with Crippen molar-refractivity contribution in [1.29, 1.82) is 0 Å². The van der Waals surface area contributed by atoms with Crippen molar-refractivity contribution < 1.29 is 9.47 Å². The van der Waals surface area contributed by atoms with Gasteiger partial charge in [0, 0.05) is 12.0 Å². The Kier molecular flexibility index (Phi) is 5.83. The van der Waals surface area contributed by atoms with Gasteiger partial charge in [-0.3, -0.25) is 0 Å². The highest BCUT2D eigenvalue weighted by atomic mass is 16.5. The van der Waals surface area contributed by atoms with Gasteiger partial charge in [0.1, 0.15) is 5.75 Å². The summed E-state index contributed by atoms with van der Waals surface area (Å²) in [5, 5.41) is 0. The van der Waals surface area contributed by atoms with Crippen molar-refractivity contribution in [2.24, 2.45) is 0 Å². The number of ether oxygens (including phenoxy) is 2. The zero-order valence-electron chi connectivity index (χ0n) is 12.3. The lowest BCUT2D eigenvalue weighted by atomic mass is 10.1. The molecular weight excluding hydrogens is 260 g/mol. The number of methoxy groups -OCH3 is 1. The molecule has 0 aliphatic carbocycles. The molecule has 0 bridgehead atoms. The molecule has 0 radical (unpaired) electrons. The van der Waals surface area contributed by atoms with Gasteiger partial charge in [-0.05, 0) is 23.3 Å². The Morgan fingerprint density at radius 2 is 1.71 bits per heavy atom. The van der Waals surface area contributed by atoms with Gasteiger partial charge in [0.2, 0.25) is 0 Å². The van der Waals surface area contributed by atoms with Crippen LogP contribution in [0.25, 0.3) is 0 Å². The third kappa shape index (κ3) is 4.96. The van der Waals surface area contributed by atoms with Crippen molar-refractivity contribution in [2.45, 2.75) is 13.0 Å². The van der Waals surface area contributed by atoms with E-state index in [1.54, 1.807) is 7.11 Å². The number of hydrogen-bond donors (Lipinski definition) is 0. The zero-order valence-corrected chi connectivity index (χ0v) is 12.3. The van der Waals surface area contributed by atoms with E-state index in [0.717, 1.165) is 23.3 Å². The van der Waals surface area contributed by atoms with E-state index in [0.29, 0.717) is 13.2 Å². The topological polar surface area (TPSA) is 18.5 Å². The smallest absolute Gasteiger partial charge is 0.118 e. The molecule has 0 heterocycles. The molecule has 0 atom stereocenters. The van der Waals surface area contributed by atoms with Crippen LogP contribution in [0.3, 0.4) is 0 Å². The van der Waals surface area contributed by atoms with Crippen molar-refractivity contribution >= 4 is 0 Å². The summed E-state index contributed by atoms with van der Waals surface area (Å²) in [4.78, 5) is 0. The molecule has 0 aliphatic rings. The monoisotopic (exact) mass is 280 g/mol. The summed E-state index contributed by atoms with van der Waals surface area (Å²) in [7, 11) is 1.66. The maximum absolute atomic E-state index is 5.74. The normalized spacial score (nSPS) is 9.95. The fraction of sp³-hybridized carbons (Fsp3) is 0.211. The third-order valence-corrected chi connectivity index (χ3v) is 3.21. The van der Waals surface area contributed by atoms with Crippen LogP contribution < -0.4 is 4.74 Å². The Morgan fingerprint density at radius 1 is 1.00 bits per heavy atom. The van der Waals surface area contributed by atoms with Crippen LogP contribution >= 0.6 is 0 Å². The molecular formula is C19H20O2. The number of hydrogen-bond acceptors (Lipinski definition) is 2. The van der Waals surface area contributed by atoms with Crippen LogP contribution in [-0.2, 0) is 17.8 Å². The maximum Gasteiger partial charge on any atom is 0.118 e. The summed E-state index contributed by atoms with van der Waals surface area (Å²) in [5.41, 5.74) is 6.41. The first kappa shape index (κ1) is 15.1. The van der Waals surface area contributed by atoms with E-state index < -0.39 is 0 Å². The Balaban J connectivity index is 1.82. The molecule has 2 aromatic carbocycles. The second kappa shape index (κ2) is 8.11. The van der Waals surface area contributed by atoms with Gasteiger partial charge in [-0.2, -0.15) is 0 Å². The lowest BCUT2D eigenvalue weighted by Gasteiger charge is -2.08. The fourth-order valence-corrected chi connectivity index (χ4v) is 2.02. The van der Waals surface area contributed by atoms with E-state index in [1.165, 1.54) is 5.56 Å². The molecule has 21 heavy (non-hydrogen) atoms. The van der Waals surface area contributed by atoms with Crippen molar-refractivity contribution in [3.05, 3.63) is 83.6 Å². The Labute approximate surface area is 126 Å². The SMILES string of the molecule is C=C=C(COCc1ccc(OC)cc1)Cc1ccccc1. The van der Waals surface area contributed by atoms with Crippen molar-refractivity contribution in [3.8, 4) is 5.75 Å². The fourth-order valence-electron chi connectivity index (χ4n) is 2.02. The van der Waals surface area contributed by atoms with E-state index in [2.05, 4.69) is 24.4 Å². The van der Waals surface area contributed by atoms with Crippen LogP contribution in [0.1, 0.15) is 11.1 Å². The van der Waals surface area contributed by atoms with Gasteiger partial charge >= 0.3 is 0 Å². The first-order valence-corrected chi connectivity index (χ1v) is 6.94. The van der Waals surface area contributed by atoms with Gasteiger partial charge in [0.25, 0.3) is 0 Å². The lowest BCUT2D eigenvalue weighted by Crippen LogP contribution is -2.01. The molecule has 2 rings (SSSR count). The highest BCUT2D eigenvalue weighted by Crippen LogP contribution is 2.13. The first-order valence-electron chi connectivity index (χ1n) is 6.94. The molecule has 0 amide bonds. The van der Waals surface area contributed by atoms with Crippen molar-refractivity contribution in [3.63, 3.8) is 0 Å². The lowest BCUT2D eigenvalue weighted by molar-refractivity contribution is 0.141. The summed E-state index contributed by atoms with van der Waals surface area (Å²) >= 11 is 0. The van der Waals surface area contributed by atoms with E-state index in [9.17, 15) is 0 Å². The van der Waals surface area contributed by atoms with Gasteiger partial charge in [0.15, 0.2) is 0 Å². The minimum atomic E-state index is 0.546. The highest BCUT2D eigenvalue weighted by Gasteiger charge is 2.00.